The van der Waals surface area contributed by atoms with Crippen molar-refractivity contribution in [2.45, 2.75) is 12.8 Å². The molecule has 1 amide bonds. The van der Waals surface area contributed by atoms with E-state index in [-0.39, 0.29) is 18.3 Å². The van der Waals surface area contributed by atoms with Gasteiger partial charge in [-0.05, 0) is 24.9 Å². The van der Waals surface area contributed by atoms with E-state index in [0.29, 0.717) is 13.0 Å². The summed E-state index contributed by atoms with van der Waals surface area (Å²) in [6.07, 6.45) is 1.44. The average Bonchev–Trinajstić information content (AvgIpc) is 2.68. The zero-order valence-electron chi connectivity index (χ0n) is 8.79. The molecule has 86 valence electrons. The molecular weight excluding hydrogens is 232 g/mol. The van der Waals surface area contributed by atoms with E-state index in [9.17, 15) is 4.79 Å². The molecule has 0 aliphatic carbocycles. The van der Waals surface area contributed by atoms with Gasteiger partial charge in [-0.15, -0.1) is 23.7 Å². The summed E-state index contributed by atoms with van der Waals surface area (Å²) in [6, 6.07) is 4.07. The lowest BCUT2D eigenvalue weighted by Crippen LogP contribution is -2.30. The van der Waals surface area contributed by atoms with Crippen LogP contribution in [0.2, 0.25) is 0 Å². The van der Waals surface area contributed by atoms with Crippen molar-refractivity contribution in [3.8, 4) is 0 Å². The summed E-state index contributed by atoms with van der Waals surface area (Å²) >= 11 is 1.70. The van der Waals surface area contributed by atoms with Crippen LogP contribution in [0.5, 0.6) is 0 Å². The first-order valence-electron chi connectivity index (χ1n) is 4.76. The summed E-state index contributed by atoms with van der Waals surface area (Å²) in [5.74, 6) is 0.133. The van der Waals surface area contributed by atoms with E-state index < -0.39 is 0 Å². The fraction of sp³-hybridized carbons (Fsp3) is 0.500. The maximum Gasteiger partial charge on any atom is 0.220 e. The predicted octanol–water partition coefficient (Wildman–Crippen LogP) is 1.44. The van der Waals surface area contributed by atoms with Gasteiger partial charge in [-0.3, -0.25) is 4.79 Å². The van der Waals surface area contributed by atoms with E-state index in [0.717, 1.165) is 13.0 Å². The Morgan fingerprint density at radius 1 is 1.47 bits per heavy atom. The molecule has 1 rings (SSSR count). The number of rotatable bonds is 6. The molecule has 1 aromatic rings. The standard InChI is InChI=1S/C10H16N2OS.ClH/c1-11-6-7-12-10(13)5-4-9-3-2-8-14-9;/h2-3,8,11H,4-7H2,1H3,(H,12,13);1H. The number of nitrogens with one attached hydrogen (secondary N) is 2. The Bertz CT molecular complexity index is 264. The number of halogens is 1. The molecule has 0 spiro atoms. The normalized spacial score (nSPS) is 9.40. The Balaban J connectivity index is 0.00000196. The molecule has 0 aliphatic heterocycles. The molecule has 3 nitrogen and oxygen atoms in total. The SMILES string of the molecule is CNCCNC(=O)CCc1cccs1.Cl. The Hall–Kier alpha value is -0.580. The summed E-state index contributed by atoms with van der Waals surface area (Å²) in [5, 5.41) is 7.87. The molecule has 1 heterocycles. The number of thiophene rings is 1. The number of amides is 1. The third kappa shape index (κ3) is 6.49. The van der Waals surface area contributed by atoms with E-state index in [1.54, 1.807) is 11.3 Å². The molecule has 0 saturated carbocycles. The Kier molecular flexibility index (Phi) is 8.37. The second-order valence-corrected chi connectivity index (χ2v) is 4.07. The topological polar surface area (TPSA) is 41.1 Å². The maximum atomic E-state index is 11.3. The first kappa shape index (κ1) is 14.4. The number of aryl methyl sites for hydroxylation is 1. The van der Waals surface area contributed by atoms with Crippen LogP contribution in [0.15, 0.2) is 17.5 Å². The minimum atomic E-state index is 0. The van der Waals surface area contributed by atoms with Crippen LogP contribution in [0.3, 0.4) is 0 Å². The van der Waals surface area contributed by atoms with Crippen molar-refractivity contribution in [2.24, 2.45) is 0 Å². The fourth-order valence-corrected chi connectivity index (χ4v) is 1.82. The molecule has 0 unspecified atom stereocenters. The fourth-order valence-electron chi connectivity index (χ4n) is 1.11. The van der Waals surface area contributed by atoms with Gasteiger partial charge < -0.3 is 10.6 Å². The summed E-state index contributed by atoms with van der Waals surface area (Å²) in [4.78, 5) is 12.6. The molecule has 15 heavy (non-hydrogen) atoms. The smallest absolute Gasteiger partial charge is 0.220 e. The molecule has 0 radical (unpaired) electrons. The van der Waals surface area contributed by atoms with Gasteiger partial charge in [0.05, 0.1) is 0 Å². The Morgan fingerprint density at radius 2 is 2.27 bits per heavy atom. The van der Waals surface area contributed by atoms with Crippen LogP contribution in [0.4, 0.5) is 0 Å². The van der Waals surface area contributed by atoms with Gasteiger partial charge in [0.15, 0.2) is 0 Å². The van der Waals surface area contributed by atoms with Crippen LogP contribution >= 0.6 is 23.7 Å². The first-order valence-corrected chi connectivity index (χ1v) is 5.64. The molecule has 0 bridgehead atoms. The quantitative estimate of drug-likeness (QED) is 0.748. The van der Waals surface area contributed by atoms with Gasteiger partial charge in [-0.1, -0.05) is 6.07 Å². The summed E-state index contributed by atoms with van der Waals surface area (Å²) in [6.45, 7) is 1.53. The van der Waals surface area contributed by atoms with Gasteiger partial charge in [0.1, 0.15) is 0 Å². The Labute approximate surface area is 101 Å². The average molecular weight is 249 g/mol. The minimum absolute atomic E-state index is 0. The largest absolute Gasteiger partial charge is 0.355 e. The molecule has 1 aromatic heterocycles. The minimum Gasteiger partial charge on any atom is -0.355 e. The highest BCUT2D eigenvalue weighted by molar-refractivity contribution is 7.09. The molecule has 0 saturated heterocycles. The predicted molar refractivity (Wildman–Crippen MR) is 66.8 cm³/mol. The van der Waals surface area contributed by atoms with E-state index >= 15 is 0 Å². The van der Waals surface area contributed by atoms with Crippen molar-refractivity contribution >= 4 is 29.7 Å². The van der Waals surface area contributed by atoms with Crippen molar-refractivity contribution in [1.29, 1.82) is 0 Å². The van der Waals surface area contributed by atoms with Crippen molar-refractivity contribution in [2.75, 3.05) is 20.1 Å². The molecule has 0 aromatic carbocycles. The van der Waals surface area contributed by atoms with Crippen LogP contribution in [0.1, 0.15) is 11.3 Å². The van der Waals surface area contributed by atoms with Crippen molar-refractivity contribution in [1.82, 2.24) is 10.6 Å². The second kappa shape index (κ2) is 8.71. The number of hydrogen-bond acceptors (Lipinski definition) is 3. The van der Waals surface area contributed by atoms with E-state index in [1.165, 1.54) is 4.88 Å². The van der Waals surface area contributed by atoms with Crippen molar-refractivity contribution < 1.29 is 4.79 Å². The van der Waals surface area contributed by atoms with E-state index in [4.69, 9.17) is 0 Å². The summed E-state index contributed by atoms with van der Waals surface area (Å²) in [5.41, 5.74) is 0. The third-order valence-corrected chi connectivity index (χ3v) is 2.81. The monoisotopic (exact) mass is 248 g/mol. The highest BCUT2D eigenvalue weighted by atomic mass is 35.5. The molecule has 0 atom stereocenters. The van der Waals surface area contributed by atoms with Gasteiger partial charge in [-0.25, -0.2) is 0 Å². The van der Waals surface area contributed by atoms with Crippen LogP contribution in [-0.4, -0.2) is 26.0 Å². The van der Waals surface area contributed by atoms with Crippen LogP contribution in [0, 0.1) is 0 Å². The van der Waals surface area contributed by atoms with Gasteiger partial charge >= 0.3 is 0 Å². The van der Waals surface area contributed by atoms with Gasteiger partial charge in [-0.2, -0.15) is 0 Å². The lowest BCUT2D eigenvalue weighted by Gasteiger charge is -2.03. The first-order chi connectivity index (χ1) is 6.83. The van der Waals surface area contributed by atoms with Crippen LogP contribution in [0.25, 0.3) is 0 Å². The molecule has 0 fully saturated rings. The van der Waals surface area contributed by atoms with Crippen LogP contribution in [-0.2, 0) is 11.2 Å². The second-order valence-electron chi connectivity index (χ2n) is 3.03. The number of carbonyl (C=O) groups is 1. The summed E-state index contributed by atoms with van der Waals surface area (Å²) in [7, 11) is 1.87. The molecule has 0 aliphatic rings. The van der Waals surface area contributed by atoms with Crippen molar-refractivity contribution in [3.05, 3.63) is 22.4 Å². The molecule has 5 heteroatoms. The zero-order chi connectivity index (χ0) is 10.2. The number of carbonyl (C=O) groups excluding carboxylic acids is 1. The van der Waals surface area contributed by atoms with E-state index in [1.807, 2.05) is 18.5 Å². The van der Waals surface area contributed by atoms with Gasteiger partial charge in [0, 0.05) is 24.4 Å². The van der Waals surface area contributed by atoms with Crippen molar-refractivity contribution in [3.63, 3.8) is 0 Å². The zero-order valence-corrected chi connectivity index (χ0v) is 10.4. The Morgan fingerprint density at radius 3 is 2.87 bits per heavy atom. The molecular formula is C10H17ClN2OS. The highest BCUT2D eigenvalue weighted by Crippen LogP contribution is 2.10. The van der Waals surface area contributed by atoms with E-state index in [2.05, 4.69) is 16.7 Å². The highest BCUT2D eigenvalue weighted by Gasteiger charge is 2.01. The maximum absolute atomic E-state index is 11.3. The lowest BCUT2D eigenvalue weighted by atomic mass is 10.2. The van der Waals surface area contributed by atoms with Gasteiger partial charge in [0.2, 0.25) is 5.91 Å². The lowest BCUT2D eigenvalue weighted by molar-refractivity contribution is -0.121. The molecule has 2 N–H and O–H groups in total. The van der Waals surface area contributed by atoms with Gasteiger partial charge in [0.25, 0.3) is 0 Å². The van der Waals surface area contributed by atoms with Crippen LogP contribution < -0.4 is 10.6 Å². The number of hydrogen-bond donors (Lipinski definition) is 2. The summed E-state index contributed by atoms with van der Waals surface area (Å²) < 4.78 is 0. The third-order valence-electron chi connectivity index (χ3n) is 1.88. The number of likely N-dealkylation sites (N-methyl/N-ethyl adjacent to an activating group) is 1.